The van der Waals surface area contributed by atoms with Crippen molar-refractivity contribution >= 4 is 0 Å². The molecule has 1 rings (SSSR count). The Labute approximate surface area is 96.3 Å². The summed E-state index contributed by atoms with van der Waals surface area (Å²) in [5.74, 6) is 0.930. The summed E-state index contributed by atoms with van der Waals surface area (Å²) < 4.78 is 0. The van der Waals surface area contributed by atoms with Gasteiger partial charge in [-0.3, -0.25) is 0 Å². The smallest absolute Gasteiger partial charge is 0.0928 e. The average Bonchev–Trinajstić information content (AvgIpc) is 2.33. The monoisotopic (exact) mass is 212 g/mol. The second kappa shape index (κ2) is 9.98. The first-order valence-electron chi connectivity index (χ1n) is 6.48. The zero-order valence-electron chi connectivity index (χ0n) is 10.3. The van der Waals surface area contributed by atoms with E-state index in [1.807, 2.05) is 13.8 Å². The highest BCUT2D eigenvalue weighted by molar-refractivity contribution is 4.86. The third kappa shape index (κ3) is 7.39. The van der Waals surface area contributed by atoms with Crippen LogP contribution in [0.15, 0.2) is 0 Å². The molecule has 0 saturated heterocycles. The lowest BCUT2D eigenvalue weighted by Gasteiger charge is -2.21. The van der Waals surface area contributed by atoms with Gasteiger partial charge in [0.15, 0.2) is 0 Å². The van der Waals surface area contributed by atoms with Crippen molar-refractivity contribution in [1.29, 1.82) is 5.26 Å². The molecule has 0 aliphatic heterocycles. The fourth-order valence-electron chi connectivity index (χ4n) is 2.17. The van der Waals surface area contributed by atoms with Crippen LogP contribution < -0.4 is 5.73 Å². The zero-order valence-corrected chi connectivity index (χ0v) is 10.3. The van der Waals surface area contributed by atoms with Gasteiger partial charge in [0.05, 0.1) is 12.1 Å². The number of rotatable bonds is 4. The minimum atomic E-state index is -0.233. The third-order valence-corrected chi connectivity index (χ3v) is 3.02. The molecule has 2 nitrogen and oxygen atoms in total. The SMILES string of the molecule is CC.N#CC(N)CCCC1CCCCC1.[HH]. The molecule has 1 aliphatic rings. The van der Waals surface area contributed by atoms with Crippen LogP contribution in [0.4, 0.5) is 0 Å². The Balaban J connectivity index is 0. The van der Waals surface area contributed by atoms with Crippen LogP contribution in [0.3, 0.4) is 0 Å². The van der Waals surface area contributed by atoms with Crippen molar-refractivity contribution in [3.8, 4) is 6.07 Å². The van der Waals surface area contributed by atoms with Crippen LogP contribution >= 0.6 is 0 Å². The maximum Gasteiger partial charge on any atom is 0.0928 e. The summed E-state index contributed by atoms with van der Waals surface area (Å²) >= 11 is 0. The van der Waals surface area contributed by atoms with Gasteiger partial charge in [-0.2, -0.15) is 5.26 Å². The van der Waals surface area contributed by atoms with Crippen molar-refractivity contribution in [3.63, 3.8) is 0 Å². The molecule has 0 aromatic rings. The van der Waals surface area contributed by atoms with Gasteiger partial charge in [-0.1, -0.05) is 58.8 Å². The predicted octanol–water partition coefficient (Wildman–Crippen LogP) is 3.86. The topological polar surface area (TPSA) is 49.8 Å². The lowest BCUT2D eigenvalue weighted by molar-refractivity contribution is 0.328. The van der Waals surface area contributed by atoms with E-state index < -0.39 is 0 Å². The summed E-state index contributed by atoms with van der Waals surface area (Å²) in [6.45, 7) is 4.00. The Bertz CT molecular complexity index is 171. The van der Waals surface area contributed by atoms with E-state index in [9.17, 15) is 0 Å². The molecule has 90 valence electrons. The van der Waals surface area contributed by atoms with Crippen LogP contribution in [0.1, 0.15) is 66.6 Å². The Morgan fingerprint density at radius 1 is 1.33 bits per heavy atom. The molecular formula is C13H28N2. The zero-order chi connectivity index (χ0) is 11.5. The Morgan fingerprint density at radius 2 is 1.93 bits per heavy atom. The first kappa shape index (κ1) is 14.5. The van der Waals surface area contributed by atoms with Crippen molar-refractivity contribution in [2.45, 2.75) is 71.3 Å². The van der Waals surface area contributed by atoms with E-state index in [4.69, 9.17) is 11.0 Å². The molecule has 2 heteroatoms. The maximum atomic E-state index is 8.50. The predicted molar refractivity (Wildman–Crippen MR) is 67.5 cm³/mol. The number of hydrogen-bond acceptors (Lipinski definition) is 2. The highest BCUT2D eigenvalue weighted by Crippen LogP contribution is 2.27. The van der Waals surface area contributed by atoms with E-state index in [-0.39, 0.29) is 7.47 Å². The fraction of sp³-hybridized carbons (Fsp3) is 0.923. The van der Waals surface area contributed by atoms with Gasteiger partial charge in [0.1, 0.15) is 0 Å². The summed E-state index contributed by atoms with van der Waals surface area (Å²) in [5, 5.41) is 8.50. The summed E-state index contributed by atoms with van der Waals surface area (Å²) in [4.78, 5) is 0. The third-order valence-electron chi connectivity index (χ3n) is 3.02. The van der Waals surface area contributed by atoms with Gasteiger partial charge in [0.25, 0.3) is 0 Å². The summed E-state index contributed by atoms with van der Waals surface area (Å²) in [7, 11) is 0. The molecule has 0 heterocycles. The molecule has 0 aromatic heterocycles. The Hall–Kier alpha value is -0.550. The van der Waals surface area contributed by atoms with Crippen LogP contribution in [-0.4, -0.2) is 6.04 Å². The number of hydrogen-bond donors (Lipinski definition) is 1. The molecule has 15 heavy (non-hydrogen) atoms. The van der Waals surface area contributed by atoms with Gasteiger partial charge in [0, 0.05) is 1.43 Å². The molecule has 1 saturated carbocycles. The van der Waals surface area contributed by atoms with Crippen LogP contribution in [0.25, 0.3) is 0 Å². The van der Waals surface area contributed by atoms with Gasteiger partial charge in [-0.15, -0.1) is 0 Å². The van der Waals surface area contributed by atoms with Gasteiger partial charge < -0.3 is 5.73 Å². The van der Waals surface area contributed by atoms with Crippen molar-refractivity contribution in [3.05, 3.63) is 0 Å². The molecular weight excluding hydrogens is 184 g/mol. The maximum absolute atomic E-state index is 8.50. The summed E-state index contributed by atoms with van der Waals surface area (Å²) in [6, 6.07) is 1.85. The molecule has 0 aromatic carbocycles. The number of nitrogens with zero attached hydrogens (tertiary/aromatic N) is 1. The molecule has 1 fully saturated rings. The van der Waals surface area contributed by atoms with E-state index in [1.165, 1.54) is 38.5 Å². The summed E-state index contributed by atoms with van der Waals surface area (Å²) in [6.07, 6.45) is 10.4. The average molecular weight is 212 g/mol. The van der Waals surface area contributed by atoms with Crippen LogP contribution in [0, 0.1) is 17.2 Å². The second-order valence-corrected chi connectivity index (χ2v) is 4.17. The van der Waals surface area contributed by atoms with Gasteiger partial charge in [-0.25, -0.2) is 0 Å². The largest absolute Gasteiger partial charge is 0.316 e. The van der Waals surface area contributed by atoms with Crippen molar-refractivity contribution in [2.75, 3.05) is 0 Å². The minimum absolute atomic E-state index is 0. The molecule has 1 unspecified atom stereocenters. The minimum Gasteiger partial charge on any atom is -0.316 e. The molecule has 0 amide bonds. The fourth-order valence-corrected chi connectivity index (χ4v) is 2.17. The molecule has 1 atom stereocenters. The van der Waals surface area contributed by atoms with Crippen LogP contribution in [-0.2, 0) is 0 Å². The quantitative estimate of drug-likeness (QED) is 0.769. The van der Waals surface area contributed by atoms with Crippen LogP contribution in [0.5, 0.6) is 0 Å². The first-order chi connectivity index (χ1) is 7.33. The Morgan fingerprint density at radius 3 is 2.47 bits per heavy atom. The van der Waals surface area contributed by atoms with Gasteiger partial charge in [-0.05, 0) is 12.3 Å². The Kier molecular flexibility index (Phi) is 9.62. The van der Waals surface area contributed by atoms with Gasteiger partial charge >= 0.3 is 0 Å². The second-order valence-electron chi connectivity index (χ2n) is 4.17. The lowest BCUT2D eigenvalue weighted by atomic mass is 9.85. The van der Waals surface area contributed by atoms with E-state index in [0.717, 1.165) is 18.8 Å². The molecule has 1 aliphatic carbocycles. The van der Waals surface area contributed by atoms with E-state index in [0.29, 0.717) is 0 Å². The highest BCUT2D eigenvalue weighted by Gasteiger charge is 2.13. The number of nitrogens with two attached hydrogens (primary N) is 1. The molecule has 2 N–H and O–H groups in total. The van der Waals surface area contributed by atoms with Crippen molar-refractivity contribution < 1.29 is 1.43 Å². The lowest BCUT2D eigenvalue weighted by Crippen LogP contribution is -2.17. The van der Waals surface area contributed by atoms with E-state index >= 15 is 0 Å². The number of nitriles is 1. The first-order valence-corrected chi connectivity index (χ1v) is 6.48. The highest BCUT2D eigenvalue weighted by atomic mass is 14.6. The van der Waals surface area contributed by atoms with Crippen LogP contribution in [0.2, 0.25) is 0 Å². The normalized spacial score (nSPS) is 18.5. The van der Waals surface area contributed by atoms with Crippen molar-refractivity contribution in [1.82, 2.24) is 0 Å². The molecule has 0 bridgehead atoms. The molecule has 0 radical (unpaired) electrons. The van der Waals surface area contributed by atoms with Gasteiger partial charge in [0.2, 0.25) is 0 Å². The standard InChI is InChI=1S/C11H20N2.C2H6.H2/c12-9-11(13)8-4-7-10-5-2-1-3-6-10;1-2;/h10-11H,1-8,13H2;1-2H3;1H. The van der Waals surface area contributed by atoms with E-state index in [1.54, 1.807) is 0 Å². The van der Waals surface area contributed by atoms with E-state index in [2.05, 4.69) is 6.07 Å². The van der Waals surface area contributed by atoms with Crippen molar-refractivity contribution in [2.24, 2.45) is 11.7 Å². The summed E-state index contributed by atoms with van der Waals surface area (Å²) in [5.41, 5.74) is 5.53. The molecule has 0 spiro atoms.